The molecule has 0 aliphatic carbocycles. The monoisotopic (exact) mass is 421 g/mol. The van der Waals surface area contributed by atoms with Crippen LogP contribution in [0.4, 0.5) is 0 Å². The molecule has 4 aromatic heterocycles. The lowest BCUT2D eigenvalue weighted by Crippen LogP contribution is -2.39. The van der Waals surface area contributed by atoms with Gasteiger partial charge in [0.05, 0.1) is 5.56 Å². The van der Waals surface area contributed by atoms with Crippen LogP contribution in [0.25, 0.3) is 56.0 Å². The van der Waals surface area contributed by atoms with Crippen LogP contribution >= 0.6 is 0 Å². The number of aryl methyl sites for hydroxylation is 3. The molecular weight excluding hydrogens is 398 g/mol. The summed E-state index contributed by atoms with van der Waals surface area (Å²) < 4.78 is 16.8. The number of pyridine rings is 2. The third-order valence-corrected chi connectivity index (χ3v) is 6.30. The lowest BCUT2D eigenvalue weighted by atomic mass is 10.0. The summed E-state index contributed by atoms with van der Waals surface area (Å²) in [5, 5.41) is 2.11. The fourth-order valence-corrected chi connectivity index (χ4v) is 4.61. The molecule has 5 nitrogen and oxygen atoms in total. The van der Waals surface area contributed by atoms with Gasteiger partial charge in [0.15, 0.2) is 5.58 Å². The van der Waals surface area contributed by atoms with E-state index in [0.717, 1.165) is 61.6 Å². The molecule has 0 amide bonds. The third-order valence-electron chi connectivity index (χ3n) is 6.30. The summed E-state index contributed by atoms with van der Waals surface area (Å²) in [4.78, 5) is 4.61. The molecule has 6 aromatic rings. The van der Waals surface area contributed by atoms with E-state index in [-0.39, 0.29) is 0 Å². The Bertz CT molecular complexity index is 1670. The molecule has 2 aromatic carbocycles. The van der Waals surface area contributed by atoms with Crippen molar-refractivity contribution in [3.63, 3.8) is 0 Å². The Morgan fingerprint density at radius 1 is 0.719 bits per heavy atom. The van der Waals surface area contributed by atoms with Crippen LogP contribution in [-0.4, -0.2) is 4.98 Å². The first-order valence-corrected chi connectivity index (χ1v) is 10.7. The number of aromatic nitrogens is 3. The highest BCUT2D eigenvalue weighted by molar-refractivity contribution is 6.08. The summed E-state index contributed by atoms with van der Waals surface area (Å²) in [6.45, 7) is 4.10. The van der Waals surface area contributed by atoms with Crippen LogP contribution in [0.2, 0.25) is 0 Å². The van der Waals surface area contributed by atoms with E-state index in [2.05, 4.69) is 70.6 Å². The molecule has 4 heterocycles. The molecule has 0 N–H and O–H groups in total. The lowest BCUT2D eigenvalue weighted by Gasteiger charge is -2.06. The van der Waals surface area contributed by atoms with Crippen molar-refractivity contribution in [2.45, 2.75) is 13.8 Å². The van der Waals surface area contributed by atoms with Gasteiger partial charge in [0, 0.05) is 34.7 Å². The van der Waals surface area contributed by atoms with Crippen LogP contribution in [-0.2, 0) is 14.1 Å². The predicted octanol–water partition coefficient (Wildman–Crippen LogP) is 5.33. The maximum atomic E-state index is 6.32. The molecular formula is C27H23N3O2+2. The van der Waals surface area contributed by atoms with Crippen molar-refractivity contribution in [3.05, 3.63) is 78.0 Å². The first kappa shape index (κ1) is 18.8. The number of fused-ring (bicyclic) bond motifs is 4. The number of rotatable bonds is 2. The zero-order valence-corrected chi connectivity index (χ0v) is 18.5. The van der Waals surface area contributed by atoms with Crippen LogP contribution in [0.1, 0.15) is 11.3 Å². The highest BCUT2D eigenvalue weighted by atomic mass is 16.4. The van der Waals surface area contributed by atoms with Crippen LogP contribution in [0.3, 0.4) is 0 Å². The van der Waals surface area contributed by atoms with Crippen molar-refractivity contribution in [3.8, 4) is 22.8 Å². The summed E-state index contributed by atoms with van der Waals surface area (Å²) in [7, 11) is 4.11. The molecule has 0 fully saturated rings. The van der Waals surface area contributed by atoms with Gasteiger partial charge in [-0.3, -0.25) is 0 Å². The van der Waals surface area contributed by atoms with Crippen molar-refractivity contribution >= 4 is 33.2 Å². The normalized spacial score (nSPS) is 11.8. The number of furan rings is 1. The standard InChI is InChI=1S/C27H23N3O2/c1-16-12-14-18-19-15-13-17(2)28-26(19)32-25(18)24(16)21-9-7-10-22(29(21)3)27-30(4)20-8-5-6-11-23(20)31-27/h5-15H,1-4H3/q+2. The number of oxazole rings is 1. The van der Waals surface area contributed by atoms with Gasteiger partial charge in [0.2, 0.25) is 17.0 Å². The summed E-state index contributed by atoms with van der Waals surface area (Å²) in [5.41, 5.74) is 8.67. The van der Waals surface area contributed by atoms with Crippen molar-refractivity contribution < 1.29 is 18.0 Å². The highest BCUT2D eigenvalue weighted by Crippen LogP contribution is 2.36. The van der Waals surface area contributed by atoms with E-state index in [9.17, 15) is 0 Å². The number of nitrogens with zero attached hydrogens (tertiary/aromatic N) is 3. The van der Waals surface area contributed by atoms with Crippen molar-refractivity contribution in [2.24, 2.45) is 14.1 Å². The molecule has 5 heteroatoms. The van der Waals surface area contributed by atoms with Gasteiger partial charge < -0.3 is 8.83 Å². The Balaban J connectivity index is 1.64. The molecule has 0 aliphatic heterocycles. The Morgan fingerprint density at radius 3 is 2.34 bits per heavy atom. The zero-order valence-electron chi connectivity index (χ0n) is 18.5. The molecule has 6 rings (SSSR count). The van der Waals surface area contributed by atoms with E-state index in [1.165, 1.54) is 0 Å². The molecule has 0 saturated heterocycles. The van der Waals surface area contributed by atoms with E-state index >= 15 is 0 Å². The summed E-state index contributed by atoms with van der Waals surface area (Å²) in [5.74, 6) is 0.808. The second kappa shape index (κ2) is 6.76. The average molecular weight is 422 g/mol. The van der Waals surface area contributed by atoms with Crippen LogP contribution in [0, 0.1) is 13.8 Å². The molecule has 32 heavy (non-hydrogen) atoms. The van der Waals surface area contributed by atoms with Gasteiger partial charge in [0.1, 0.15) is 14.1 Å². The van der Waals surface area contributed by atoms with E-state index in [1.807, 2.05) is 38.2 Å². The molecule has 0 radical (unpaired) electrons. The lowest BCUT2D eigenvalue weighted by molar-refractivity contribution is -0.675. The predicted molar refractivity (Wildman–Crippen MR) is 124 cm³/mol. The van der Waals surface area contributed by atoms with Crippen molar-refractivity contribution in [2.75, 3.05) is 0 Å². The second-order valence-corrected chi connectivity index (χ2v) is 8.33. The smallest absolute Gasteiger partial charge is 0.437 e. The van der Waals surface area contributed by atoms with Crippen molar-refractivity contribution in [1.29, 1.82) is 0 Å². The number of hydrogen-bond acceptors (Lipinski definition) is 3. The first-order valence-electron chi connectivity index (χ1n) is 10.7. The molecule has 0 spiro atoms. The fraction of sp³-hybridized carbons (Fsp3) is 0.148. The molecule has 0 bridgehead atoms. The minimum atomic E-state index is 0.675. The zero-order chi connectivity index (χ0) is 22.0. The maximum absolute atomic E-state index is 6.32. The fourth-order valence-electron chi connectivity index (χ4n) is 4.61. The van der Waals surface area contributed by atoms with Crippen LogP contribution < -0.4 is 9.13 Å². The number of benzene rings is 2. The quantitative estimate of drug-likeness (QED) is 0.355. The first-order chi connectivity index (χ1) is 15.5. The minimum absolute atomic E-state index is 0.675. The SMILES string of the molecule is Cc1ccc2c(n1)oc1c(-c3cccc(-c4oc5ccccc5[n+]4C)[n+]3C)c(C)ccc12. The van der Waals surface area contributed by atoms with Gasteiger partial charge >= 0.3 is 11.6 Å². The van der Waals surface area contributed by atoms with Crippen LogP contribution in [0.5, 0.6) is 0 Å². The van der Waals surface area contributed by atoms with Gasteiger partial charge in [-0.15, -0.1) is 0 Å². The van der Waals surface area contributed by atoms with E-state index in [4.69, 9.17) is 8.83 Å². The Kier molecular flexibility index (Phi) is 3.96. The molecule has 0 aliphatic rings. The van der Waals surface area contributed by atoms with Crippen molar-refractivity contribution in [1.82, 2.24) is 4.98 Å². The number of hydrogen-bond donors (Lipinski definition) is 0. The maximum Gasteiger partial charge on any atom is 0.448 e. The summed E-state index contributed by atoms with van der Waals surface area (Å²) in [6.07, 6.45) is 0. The molecule has 0 unspecified atom stereocenters. The average Bonchev–Trinajstić information content (AvgIpc) is 3.31. The topological polar surface area (TPSA) is 46.9 Å². The largest absolute Gasteiger partial charge is 0.448 e. The summed E-state index contributed by atoms with van der Waals surface area (Å²) >= 11 is 0. The Labute approximate surface area is 185 Å². The van der Waals surface area contributed by atoms with Gasteiger partial charge in [-0.1, -0.05) is 24.3 Å². The third kappa shape index (κ3) is 2.61. The Morgan fingerprint density at radius 2 is 1.50 bits per heavy atom. The van der Waals surface area contributed by atoms with E-state index < -0.39 is 0 Å². The minimum Gasteiger partial charge on any atom is -0.437 e. The van der Waals surface area contributed by atoms with E-state index in [1.54, 1.807) is 0 Å². The van der Waals surface area contributed by atoms with Gasteiger partial charge in [-0.2, -0.15) is 9.13 Å². The van der Waals surface area contributed by atoms with Gasteiger partial charge in [0.25, 0.3) is 5.52 Å². The Hall–Kier alpha value is -3.99. The molecule has 0 atom stereocenters. The van der Waals surface area contributed by atoms with Crippen LogP contribution in [0.15, 0.2) is 75.6 Å². The molecule has 0 saturated carbocycles. The molecule has 156 valence electrons. The van der Waals surface area contributed by atoms with E-state index in [0.29, 0.717) is 5.71 Å². The summed E-state index contributed by atoms with van der Waals surface area (Å²) in [6, 6.07) is 22.8. The number of para-hydroxylation sites is 2. The van der Waals surface area contributed by atoms with Gasteiger partial charge in [-0.05, 0) is 43.7 Å². The van der Waals surface area contributed by atoms with Gasteiger partial charge in [-0.25, -0.2) is 4.98 Å². The second-order valence-electron chi connectivity index (χ2n) is 8.33. The highest BCUT2D eigenvalue weighted by Gasteiger charge is 2.31.